The molecule has 1 unspecified atom stereocenters. The molecule has 5 nitrogen and oxygen atoms in total. The number of carboxylic acid groups (broad SMARTS) is 1. The smallest absolute Gasteiger partial charge is 0.326 e. The summed E-state index contributed by atoms with van der Waals surface area (Å²) in [6, 6.07) is 1.93. The zero-order valence-electron chi connectivity index (χ0n) is 10.1. The summed E-state index contributed by atoms with van der Waals surface area (Å²) in [5.41, 5.74) is 0.0483. The van der Waals surface area contributed by atoms with Crippen LogP contribution in [0.3, 0.4) is 0 Å². The van der Waals surface area contributed by atoms with Crippen LogP contribution in [0, 0.1) is 5.92 Å². The number of nitrogens with one attached hydrogen (secondary N) is 1. The van der Waals surface area contributed by atoms with E-state index in [2.05, 4.69) is 5.32 Å². The topological polar surface area (TPSA) is 71.3 Å². The molecular formula is C12H14F2N2O3. The van der Waals surface area contributed by atoms with Crippen LogP contribution in [0.1, 0.15) is 23.3 Å². The lowest BCUT2D eigenvalue weighted by Crippen LogP contribution is -2.43. The molecule has 1 aromatic heterocycles. The van der Waals surface area contributed by atoms with Crippen molar-refractivity contribution in [3.63, 3.8) is 0 Å². The molecule has 0 aliphatic heterocycles. The second-order valence-corrected chi connectivity index (χ2v) is 4.56. The highest BCUT2D eigenvalue weighted by molar-refractivity contribution is 5.95. The van der Waals surface area contributed by atoms with Crippen LogP contribution >= 0.6 is 0 Å². The van der Waals surface area contributed by atoms with Crippen molar-refractivity contribution in [3.05, 3.63) is 24.0 Å². The van der Waals surface area contributed by atoms with Crippen molar-refractivity contribution in [3.8, 4) is 0 Å². The molecule has 1 heterocycles. The van der Waals surface area contributed by atoms with Gasteiger partial charge in [0.2, 0.25) is 0 Å². The maximum Gasteiger partial charge on any atom is 0.326 e. The summed E-state index contributed by atoms with van der Waals surface area (Å²) < 4.78 is 25.8. The fourth-order valence-electron chi connectivity index (χ4n) is 1.95. The Morgan fingerprint density at radius 1 is 1.47 bits per heavy atom. The van der Waals surface area contributed by atoms with Gasteiger partial charge in [0.15, 0.2) is 0 Å². The Morgan fingerprint density at radius 3 is 2.68 bits per heavy atom. The van der Waals surface area contributed by atoms with Gasteiger partial charge in [-0.25, -0.2) is 13.6 Å². The van der Waals surface area contributed by atoms with E-state index >= 15 is 0 Å². The number of nitrogens with zero attached hydrogens (tertiary/aromatic N) is 1. The number of halogens is 2. The van der Waals surface area contributed by atoms with Gasteiger partial charge in [0, 0.05) is 6.20 Å². The zero-order valence-corrected chi connectivity index (χ0v) is 10.1. The van der Waals surface area contributed by atoms with Gasteiger partial charge in [-0.15, -0.1) is 0 Å². The van der Waals surface area contributed by atoms with Gasteiger partial charge >= 0.3 is 5.97 Å². The standard InChI is InChI=1S/C12H14F2N2O3/c13-9(14)6-16-5-1-2-8(16)11(17)15-10(12(18)19)7-3-4-7/h1-2,5,7,9-10H,3-4,6H2,(H,15,17)(H,18,19). The largest absolute Gasteiger partial charge is 0.480 e. The molecule has 1 aromatic rings. The Morgan fingerprint density at radius 2 is 2.16 bits per heavy atom. The van der Waals surface area contributed by atoms with Gasteiger partial charge in [-0.05, 0) is 30.9 Å². The molecule has 7 heteroatoms. The number of hydrogen-bond acceptors (Lipinski definition) is 2. The van der Waals surface area contributed by atoms with Crippen molar-refractivity contribution in [1.29, 1.82) is 0 Å². The number of alkyl halides is 2. The van der Waals surface area contributed by atoms with Crippen molar-refractivity contribution in [1.82, 2.24) is 9.88 Å². The van der Waals surface area contributed by atoms with Crippen LogP contribution in [0.2, 0.25) is 0 Å². The summed E-state index contributed by atoms with van der Waals surface area (Å²) in [7, 11) is 0. The van der Waals surface area contributed by atoms with E-state index in [1.807, 2.05) is 0 Å². The van der Waals surface area contributed by atoms with E-state index < -0.39 is 30.9 Å². The van der Waals surface area contributed by atoms with Gasteiger partial charge in [-0.2, -0.15) is 0 Å². The molecule has 0 aromatic carbocycles. The predicted octanol–water partition coefficient (Wildman–Crippen LogP) is 1.35. The van der Waals surface area contributed by atoms with Crippen LogP contribution in [-0.2, 0) is 11.3 Å². The first kappa shape index (κ1) is 13.5. The summed E-state index contributed by atoms with van der Waals surface area (Å²) in [5, 5.41) is 11.4. The monoisotopic (exact) mass is 272 g/mol. The maximum absolute atomic E-state index is 12.3. The second-order valence-electron chi connectivity index (χ2n) is 4.56. The van der Waals surface area contributed by atoms with E-state index in [1.54, 1.807) is 0 Å². The Kier molecular flexibility index (Phi) is 3.82. The van der Waals surface area contributed by atoms with Crippen molar-refractivity contribution in [2.45, 2.75) is 31.9 Å². The number of amides is 1. The van der Waals surface area contributed by atoms with Crippen molar-refractivity contribution < 1.29 is 23.5 Å². The van der Waals surface area contributed by atoms with Crippen LogP contribution in [0.5, 0.6) is 0 Å². The fourth-order valence-corrected chi connectivity index (χ4v) is 1.95. The van der Waals surface area contributed by atoms with Crippen LogP contribution in [0.15, 0.2) is 18.3 Å². The molecule has 0 radical (unpaired) electrons. The molecule has 0 bridgehead atoms. The van der Waals surface area contributed by atoms with Crippen LogP contribution < -0.4 is 5.32 Å². The summed E-state index contributed by atoms with van der Waals surface area (Å²) >= 11 is 0. The predicted molar refractivity (Wildman–Crippen MR) is 62.1 cm³/mol. The Labute approximate surface area is 108 Å². The molecular weight excluding hydrogens is 258 g/mol. The quantitative estimate of drug-likeness (QED) is 0.821. The van der Waals surface area contributed by atoms with Crippen LogP contribution in [-0.4, -0.2) is 34.0 Å². The number of carbonyl (C=O) groups excluding carboxylic acids is 1. The normalized spacial score (nSPS) is 16.4. The molecule has 1 aliphatic carbocycles. The fraction of sp³-hybridized carbons (Fsp3) is 0.500. The highest BCUT2D eigenvalue weighted by Crippen LogP contribution is 2.32. The van der Waals surface area contributed by atoms with E-state index in [9.17, 15) is 18.4 Å². The Bertz CT molecular complexity index is 483. The molecule has 2 N–H and O–H groups in total. The molecule has 1 saturated carbocycles. The Hall–Kier alpha value is -1.92. The molecule has 104 valence electrons. The second kappa shape index (κ2) is 5.38. The lowest BCUT2D eigenvalue weighted by molar-refractivity contribution is -0.139. The zero-order chi connectivity index (χ0) is 14.0. The minimum absolute atomic E-state index is 0.0483. The number of rotatable bonds is 6. The lowest BCUT2D eigenvalue weighted by atomic mass is 10.2. The van der Waals surface area contributed by atoms with E-state index in [1.165, 1.54) is 18.3 Å². The number of hydrogen-bond donors (Lipinski definition) is 2. The Balaban J connectivity index is 2.06. The minimum atomic E-state index is -2.57. The molecule has 2 rings (SSSR count). The highest BCUT2D eigenvalue weighted by Gasteiger charge is 2.37. The van der Waals surface area contributed by atoms with E-state index in [-0.39, 0.29) is 11.6 Å². The average molecular weight is 272 g/mol. The van der Waals surface area contributed by atoms with E-state index in [4.69, 9.17) is 5.11 Å². The SMILES string of the molecule is O=C(NC(C(=O)O)C1CC1)c1cccn1CC(F)F. The van der Waals surface area contributed by atoms with Gasteiger partial charge in [0.25, 0.3) is 12.3 Å². The number of aliphatic carboxylic acids is 1. The summed E-state index contributed by atoms with van der Waals surface area (Å²) in [6.45, 7) is -0.586. The van der Waals surface area contributed by atoms with Crippen molar-refractivity contribution in [2.75, 3.05) is 0 Å². The first-order valence-corrected chi connectivity index (χ1v) is 5.96. The van der Waals surface area contributed by atoms with Gasteiger partial charge in [-0.3, -0.25) is 4.79 Å². The minimum Gasteiger partial charge on any atom is -0.480 e. The third-order valence-electron chi connectivity index (χ3n) is 3.04. The van der Waals surface area contributed by atoms with Crippen LogP contribution in [0.4, 0.5) is 8.78 Å². The van der Waals surface area contributed by atoms with Gasteiger partial charge < -0.3 is 15.0 Å². The highest BCUT2D eigenvalue weighted by atomic mass is 19.3. The lowest BCUT2D eigenvalue weighted by Gasteiger charge is -2.14. The third-order valence-corrected chi connectivity index (χ3v) is 3.04. The molecule has 1 fully saturated rings. The van der Waals surface area contributed by atoms with Crippen molar-refractivity contribution >= 4 is 11.9 Å². The van der Waals surface area contributed by atoms with Gasteiger partial charge in [0.05, 0.1) is 6.54 Å². The van der Waals surface area contributed by atoms with Gasteiger partial charge in [0.1, 0.15) is 11.7 Å². The molecule has 0 saturated heterocycles. The first-order chi connectivity index (χ1) is 8.99. The maximum atomic E-state index is 12.3. The average Bonchev–Trinajstić information content (AvgIpc) is 3.05. The molecule has 19 heavy (non-hydrogen) atoms. The number of carboxylic acids is 1. The summed E-state index contributed by atoms with van der Waals surface area (Å²) in [5.74, 6) is -1.78. The van der Waals surface area contributed by atoms with E-state index in [0.717, 1.165) is 17.4 Å². The van der Waals surface area contributed by atoms with Gasteiger partial charge in [-0.1, -0.05) is 0 Å². The van der Waals surface area contributed by atoms with Crippen LogP contribution in [0.25, 0.3) is 0 Å². The summed E-state index contributed by atoms with van der Waals surface area (Å²) in [4.78, 5) is 22.9. The number of aromatic nitrogens is 1. The van der Waals surface area contributed by atoms with E-state index in [0.29, 0.717) is 0 Å². The summed E-state index contributed by atoms with van der Waals surface area (Å²) in [6.07, 6.45) is 0.316. The van der Waals surface area contributed by atoms with Crippen molar-refractivity contribution in [2.24, 2.45) is 5.92 Å². The molecule has 1 atom stereocenters. The molecule has 1 aliphatic rings. The molecule has 1 amide bonds. The molecule has 0 spiro atoms. The number of carbonyl (C=O) groups is 2. The third kappa shape index (κ3) is 3.30. The first-order valence-electron chi connectivity index (χ1n) is 5.96.